The first-order valence-electron chi connectivity index (χ1n) is 6.47. The minimum absolute atomic E-state index is 0.0137. The molecule has 22 heavy (non-hydrogen) atoms. The van der Waals surface area contributed by atoms with Gasteiger partial charge in [0, 0.05) is 5.69 Å². The molecular weight excluding hydrogens is 326 g/mol. The van der Waals surface area contributed by atoms with Gasteiger partial charge in [0.05, 0.1) is 17.0 Å². The molecule has 0 aliphatic heterocycles. The van der Waals surface area contributed by atoms with Crippen molar-refractivity contribution in [3.05, 3.63) is 46.7 Å². The van der Waals surface area contributed by atoms with Crippen LogP contribution in [0.2, 0.25) is 5.02 Å². The number of benzene rings is 1. The van der Waals surface area contributed by atoms with Crippen LogP contribution in [0.5, 0.6) is 0 Å². The Morgan fingerprint density at radius 3 is 2.73 bits per heavy atom. The van der Waals surface area contributed by atoms with Crippen molar-refractivity contribution >= 4 is 33.0 Å². The van der Waals surface area contributed by atoms with Gasteiger partial charge in [0.2, 0.25) is 15.0 Å². The second-order valence-electron chi connectivity index (χ2n) is 4.58. The number of rotatable bonds is 4. The van der Waals surface area contributed by atoms with Gasteiger partial charge in [0.25, 0.3) is 5.91 Å². The maximum absolute atomic E-state index is 12.2. The number of nitrogens with zero attached hydrogens (tertiary/aromatic N) is 2. The highest BCUT2D eigenvalue weighted by atomic mass is 35.5. The van der Waals surface area contributed by atoms with Gasteiger partial charge in [0.15, 0.2) is 5.69 Å². The number of aryl methyl sites for hydroxylation is 1. The molecule has 1 amide bonds. The molecule has 6 nitrogen and oxygen atoms in total. The molecule has 2 aromatic rings. The lowest BCUT2D eigenvalue weighted by Gasteiger charge is -2.08. The molecule has 0 aliphatic carbocycles. The normalized spacial score (nSPS) is 11.2. The standard InChI is InChI=1S/C14H14ClN3O3S/c1-3-22(20,21)14-16-8-11(15)12(18-14)13(19)17-10-6-4-5-9(2)7-10/h4-8H,3H2,1-2H3,(H,17,19). The highest BCUT2D eigenvalue weighted by Crippen LogP contribution is 2.17. The summed E-state index contributed by atoms with van der Waals surface area (Å²) in [4.78, 5) is 19.7. The smallest absolute Gasteiger partial charge is 0.275 e. The highest BCUT2D eigenvalue weighted by molar-refractivity contribution is 7.91. The van der Waals surface area contributed by atoms with Crippen molar-refractivity contribution in [3.63, 3.8) is 0 Å². The molecule has 0 saturated heterocycles. The molecule has 1 aromatic heterocycles. The minimum atomic E-state index is -3.61. The fourth-order valence-electron chi connectivity index (χ4n) is 1.70. The molecule has 1 N–H and O–H groups in total. The summed E-state index contributed by atoms with van der Waals surface area (Å²) in [5.74, 6) is -0.751. The van der Waals surface area contributed by atoms with Crippen molar-refractivity contribution in [1.29, 1.82) is 0 Å². The number of amides is 1. The molecule has 8 heteroatoms. The maximum Gasteiger partial charge on any atom is 0.275 e. The summed E-state index contributed by atoms with van der Waals surface area (Å²) in [6.07, 6.45) is 1.11. The van der Waals surface area contributed by atoms with Crippen LogP contribution in [0.25, 0.3) is 0 Å². The van der Waals surface area contributed by atoms with Crippen LogP contribution in [0, 0.1) is 6.92 Å². The van der Waals surface area contributed by atoms with E-state index < -0.39 is 20.9 Å². The number of hydrogen-bond donors (Lipinski definition) is 1. The number of sulfone groups is 1. The van der Waals surface area contributed by atoms with Gasteiger partial charge in [-0.15, -0.1) is 0 Å². The highest BCUT2D eigenvalue weighted by Gasteiger charge is 2.21. The van der Waals surface area contributed by atoms with Crippen molar-refractivity contribution in [2.45, 2.75) is 19.0 Å². The molecule has 0 aliphatic rings. The third-order valence-corrected chi connectivity index (χ3v) is 4.66. The van der Waals surface area contributed by atoms with Gasteiger partial charge in [0.1, 0.15) is 0 Å². The molecule has 0 bridgehead atoms. The fourth-order valence-corrected chi connectivity index (χ4v) is 2.58. The first kappa shape index (κ1) is 16.4. The van der Waals surface area contributed by atoms with Gasteiger partial charge in [-0.2, -0.15) is 0 Å². The summed E-state index contributed by atoms with van der Waals surface area (Å²) in [7, 11) is -3.61. The van der Waals surface area contributed by atoms with E-state index in [0.717, 1.165) is 11.8 Å². The van der Waals surface area contributed by atoms with Crippen molar-refractivity contribution in [1.82, 2.24) is 9.97 Å². The van der Waals surface area contributed by atoms with E-state index in [1.54, 1.807) is 18.2 Å². The van der Waals surface area contributed by atoms with Crippen molar-refractivity contribution in [2.75, 3.05) is 11.1 Å². The summed E-state index contributed by atoms with van der Waals surface area (Å²) >= 11 is 5.90. The first-order chi connectivity index (χ1) is 10.3. The Morgan fingerprint density at radius 2 is 2.09 bits per heavy atom. The monoisotopic (exact) mass is 339 g/mol. The second kappa shape index (κ2) is 6.41. The summed E-state index contributed by atoms with van der Waals surface area (Å²) < 4.78 is 23.6. The van der Waals surface area contributed by atoms with Crippen LogP contribution in [-0.4, -0.2) is 30.0 Å². The SMILES string of the molecule is CCS(=O)(=O)c1ncc(Cl)c(C(=O)Nc2cccc(C)c2)n1. The Kier molecular flexibility index (Phi) is 4.77. The largest absolute Gasteiger partial charge is 0.321 e. The Labute approximate surface area is 133 Å². The van der Waals surface area contributed by atoms with Crippen molar-refractivity contribution < 1.29 is 13.2 Å². The molecule has 0 spiro atoms. The summed E-state index contributed by atoms with van der Waals surface area (Å²) in [5.41, 5.74) is 1.37. The first-order valence-corrected chi connectivity index (χ1v) is 8.50. The van der Waals surface area contributed by atoms with Gasteiger partial charge in [-0.1, -0.05) is 30.7 Å². The Balaban J connectivity index is 2.35. The Morgan fingerprint density at radius 1 is 1.36 bits per heavy atom. The average Bonchev–Trinajstić information content (AvgIpc) is 2.47. The second-order valence-corrected chi connectivity index (χ2v) is 7.16. The number of carbonyl (C=O) groups excluding carboxylic acids is 1. The van der Waals surface area contributed by atoms with Crippen molar-refractivity contribution in [3.8, 4) is 0 Å². The third-order valence-electron chi connectivity index (χ3n) is 2.87. The van der Waals surface area contributed by atoms with E-state index in [1.807, 2.05) is 13.0 Å². The molecule has 0 unspecified atom stereocenters. The number of carbonyl (C=O) groups is 1. The van der Waals surface area contributed by atoms with E-state index in [2.05, 4.69) is 15.3 Å². The summed E-state index contributed by atoms with van der Waals surface area (Å²) in [6, 6.07) is 7.17. The van der Waals surface area contributed by atoms with E-state index in [4.69, 9.17) is 11.6 Å². The van der Waals surface area contributed by atoms with Crippen LogP contribution < -0.4 is 5.32 Å². The van der Waals surface area contributed by atoms with E-state index >= 15 is 0 Å². The van der Waals surface area contributed by atoms with Gasteiger partial charge < -0.3 is 5.32 Å². The molecule has 116 valence electrons. The van der Waals surface area contributed by atoms with Crippen LogP contribution in [-0.2, 0) is 9.84 Å². The molecule has 0 atom stereocenters. The zero-order valence-corrected chi connectivity index (χ0v) is 13.6. The number of anilines is 1. The predicted octanol–water partition coefficient (Wildman–Crippen LogP) is 2.48. The maximum atomic E-state index is 12.2. The Bertz CT molecular complexity index is 822. The van der Waals surface area contributed by atoms with Crippen molar-refractivity contribution in [2.24, 2.45) is 0 Å². The molecule has 0 saturated carbocycles. The number of aromatic nitrogens is 2. The van der Waals surface area contributed by atoms with Gasteiger partial charge in [-0.05, 0) is 24.6 Å². The average molecular weight is 340 g/mol. The van der Waals surface area contributed by atoms with E-state index in [9.17, 15) is 13.2 Å². The zero-order valence-electron chi connectivity index (χ0n) is 12.0. The molecule has 1 aromatic carbocycles. The summed E-state index contributed by atoms with van der Waals surface area (Å²) in [5, 5.41) is 2.21. The van der Waals surface area contributed by atoms with Gasteiger partial charge in [-0.3, -0.25) is 4.79 Å². The molecule has 0 fully saturated rings. The van der Waals surface area contributed by atoms with Gasteiger partial charge >= 0.3 is 0 Å². The lowest BCUT2D eigenvalue weighted by Crippen LogP contribution is -2.18. The van der Waals surface area contributed by atoms with Gasteiger partial charge in [-0.25, -0.2) is 18.4 Å². The minimum Gasteiger partial charge on any atom is -0.321 e. The quantitative estimate of drug-likeness (QED) is 0.864. The van der Waals surface area contributed by atoms with Crippen LogP contribution in [0.4, 0.5) is 5.69 Å². The topological polar surface area (TPSA) is 89.0 Å². The Hall–Kier alpha value is -1.99. The predicted molar refractivity (Wildman–Crippen MR) is 83.9 cm³/mol. The molecular formula is C14H14ClN3O3S. The van der Waals surface area contributed by atoms with Crippen LogP contribution >= 0.6 is 11.6 Å². The molecule has 2 rings (SSSR count). The van der Waals surface area contributed by atoms with Crippen LogP contribution in [0.1, 0.15) is 23.0 Å². The third kappa shape index (κ3) is 3.61. The summed E-state index contributed by atoms with van der Waals surface area (Å²) in [6.45, 7) is 3.36. The van der Waals surface area contributed by atoms with E-state index in [1.165, 1.54) is 6.92 Å². The number of hydrogen-bond acceptors (Lipinski definition) is 5. The number of nitrogens with one attached hydrogen (secondary N) is 1. The lowest BCUT2D eigenvalue weighted by molar-refractivity contribution is 0.102. The van der Waals surface area contributed by atoms with E-state index in [0.29, 0.717) is 5.69 Å². The van der Waals surface area contributed by atoms with E-state index in [-0.39, 0.29) is 16.5 Å². The lowest BCUT2D eigenvalue weighted by atomic mass is 10.2. The zero-order chi connectivity index (χ0) is 16.3. The number of halogens is 1. The molecule has 0 radical (unpaired) electrons. The fraction of sp³-hybridized carbons (Fsp3) is 0.214. The molecule has 1 heterocycles. The van der Waals surface area contributed by atoms with Crippen LogP contribution in [0.3, 0.4) is 0 Å². The van der Waals surface area contributed by atoms with Crippen LogP contribution in [0.15, 0.2) is 35.6 Å².